The number of halogens is 1. The van der Waals surface area contributed by atoms with E-state index in [4.69, 9.17) is 4.74 Å². The normalized spacial score (nSPS) is 23.3. The smallest absolute Gasteiger partial charge is 0.260 e. The lowest BCUT2D eigenvalue weighted by Crippen LogP contribution is -2.45. The van der Waals surface area contributed by atoms with Crippen LogP contribution >= 0.6 is 0 Å². The average molecular weight is 267 g/mol. The molecule has 1 aromatic carbocycles. The molecule has 0 bridgehead atoms. The van der Waals surface area contributed by atoms with Crippen LogP contribution in [-0.2, 0) is 0 Å². The standard InChI is InChI=1S/C14H18FNO3/c1-9-8-16(7-6-11(9)17)14(18)13-10(15)4-3-5-12(13)19-2/h3-5,9,11,17H,6-8H2,1-2H3. The number of ether oxygens (including phenoxy) is 1. The summed E-state index contributed by atoms with van der Waals surface area (Å²) in [5.74, 6) is -0.726. The van der Waals surface area contributed by atoms with Gasteiger partial charge in [-0.1, -0.05) is 13.0 Å². The van der Waals surface area contributed by atoms with Crippen LogP contribution in [0.2, 0.25) is 0 Å². The second-order valence-corrected chi connectivity index (χ2v) is 4.90. The summed E-state index contributed by atoms with van der Waals surface area (Å²) in [5.41, 5.74) is -0.0337. The van der Waals surface area contributed by atoms with Gasteiger partial charge < -0.3 is 14.7 Å². The first-order chi connectivity index (χ1) is 9.04. The van der Waals surface area contributed by atoms with Gasteiger partial charge in [0.15, 0.2) is 0 Å². The summed E-state index contributed by atoms with van der Waals surface area (Å²) in [6, 6.07) is 4.32. The SMILES string of the molecule is COc1cccc(F)c1C(=O)N1CCC(O)C(C)C1. The average Bonchev–Trinajstić information content (AvgIpc) is 2.40. The van der Waals surface area contributed by atoms with Gasteiger partial charge in [0.05, 0.1) is 13.2 Å². The van der Waals surface area contributed by atoms with E-state index in [0.717, 1.165) is 0 Å². The molecule has 0 saturated carbocycles. The second-order valence-electron chi connectivity index (χ2n) is 4.90. The molecule has 1 N–H and O–H groups in total. The fourth-order valence-corrected chi connectivity index (χ4v) is 2.36. The Morgan fingerprint density at radius 3 is 2.89 bits per heavy atom. The first-order valence-corrected chi connectivity index (χ1v) is 6.34. The molecule has 2 atom stereocenters. The van der Waals surface area contributed by atoms with E-state index in [0.29, 0.717) is 19.5 Å². The molecular formula is C14H18FNO3. The molecule has 104 valence electrons. The number of carbonyl (C=O) groups excluding carboxylic acids is 1. The molecule has 0 spiro atoms. The highest BCUT2D eigenvalue weighted by Gasteiger charge is 2.30. The zero-order valence-electron chi connectivity index (χ0n) is 11.1. The maximum Gasteiger partial charge on any atom is 0.260 e. The number of piperidine rings is 1. The molecule has 1 fully saturated rings. The minimum absolute atomic E-state index is 0.00420. The second kappa shape index (κ2) is 5.57. The highest BCUT2D eigenvalue weighted by molar-refractivity contribution is 5.97. The van der Waals surface area contributed by atoms with Crippen LogP contribution in [0, 0.1) is 11.7 Å². The Bertz CT molecular complexity index is 478. The first kappa shape index (κ1) is 13.8. The van der Waals surface area contributed by atoms with E-state index in [2.05, 4.69) is 0 Å². The molecule has 1 aliphatic heterocycles. The van der Waals surface area contributed by atoms with Gasteiger partial charge in [-0.05, 0) is 24.5 Å². The molecule has 0 radical (unpaired) electrons. The molecule has 4 nitrogen and oxygen atoms in total. The van der Waals surface area contributed by atoms with Crippen LogP contribution in [0.3, 0.4) is 0 Å². The van der Waals surface area contributed by atoms with Crippen LogP contribution in [0.4, 0.5) is 4.39 Å². The van der Waals surface area contributed by atoms with Gasteiger partial charge in [-0.15, -0.1) is 0 Å². The Balaban J connectivity index is 2.25. The molecule has 5 heteroatoms. The van der Waals surface area contributed by atoms with Crippen LogP contribution in [0.1, 0.15) is 23.7 Å². The Kier molecular flexibility index (Phi) is 4.04. The minimum atomic E-state index is -0.580. The number of aliphatic hydroxyl groups excluding tert-OH is 1. The van der Waals surface area contributed by atoms with Gasteiger partial charge in [-0.25, -0.2) is 4.39 Å². The number of rotatable bonds is 2. The molecule has 2 rings (SSSR count). The van der Waals surface area contributed by atoms with Crippen molar-refractivity contribution < 1.29 is 19.0 Å². The summed E-state index contributed by atoms with van der Waals surface area (Å²) in [7, 11) is 1.41. The first-order valence-electron chi connectivity index (χ1n) is 6.34. The number of likely N-dealkylation sites (tertiary alicyclic amines) is 1. The summed E-state index contributed by atoms with van der Waals surface area (Å²) >= 11 is 0. The zero-order valence-corrected chi connectivity index (χ0v) is 11.1. The van der Waals surface area contributed by atoms with Crippen molar-refractivity contribution in [3.63, 3.8) is 0 Å². The number of aliphatic hydroxyl groups is 1. The lowest BCUT2D eigenvalue weighted by molar-refractivity contribution is 0.0293. The summed E-state index contributed by atoms with van der Waals surface area (Å²) in [5, 5.41) is 9.67. The Labute approximate surface area is 111 Å². The molecule has 1 amide bonds. The van der Waals surface area contributed by atoms with Gasteiger partial charge in [0.1, 0.15) is 17.1 Å². The fraction of sp³-hybridized carbons (Fsp3) is 0.500. The van der Waals surface area contributed by atoms with Crippen LogP contribution in [0.5, 0.6) is 5.75 Å². The van der Waals surface area contributed by atoms with E-state index in [1.54, 1.807) is 11.0 Å². The molecule has 1 heterocycles. The molecule has 2 unspecified atom stereocenters. The van der Waals surface area contributed by atoms with Crippen molar-refractivity contribution in [3.8, 4) is 5.75 Å². The van der Waals surface area contributed by atoms with Crippen LogP contribution < -0.4 is 4.74 Å². The number of amides is 1. The third-order valence-corrected chi connectivity index (χ3v) is 3.56. The van der Waals surface area contributed by atoms with Gasteiger partial charge in [-0.2, -0.15) is 0 Å². The monoisotopic (exact) mass is 267 g/mol. The Hall–Kier alpha value is -1.62. The minimum Gasteiger partial charge on any atom is -0.496 e. The van der Waals surface area contributed by atoms with Crippen LogP contribution in [0.15, 0.2) is 18.2 Å². The lowest BCUT2D eigenvalue weighted by atomic mass is 9.96. The van der Waals surface area contributed by atoms with Crippen molar-refractivity contribution in [1.29, 1.82) is 0 Å². The number of nitrogens with zero attached hydrogens (tertiary/aromatic N) is 1. The predicted molar refractivity (Wildman–Crippen MR) is 68.6 cm³/mol. The van der Waals surface area contributed by atoms with Crippen molar-refractivity contribution in [2.24, 2.45) is 5.92 Å². The largest absolute Gasteiger partial charge is 0.496 e. The summed E-state index contributed by atoms with van der Waals surface area (Å²) in [4.78, 5) is 13.9. The van der Waals surface area contributed by atoms with E-state index in [1.807, 2.05) is 6.92 Å². The third-order valence-electron chi connectivity index (χ3n) is 3.56. The van der Waals surface area contributed by atoms with Gasteiger partial charge >= 0.3 is 0 Å². The van der Waals surface area contributed by atoms with Crippen LogP contribution in [0.25, 0.3) is 0 Å². The zero-order chi connectivity index (χ0) is 14.0. The molecule has 0 aliphatic carbocycles. The van der Waals surface area contributed by atoms with Gasteiger partial charge in [-0.3, -0.25) is 4.79 Å². The molecule has 0 aromatic heterocycles. The van der Waals surface area contributed by atoms with Crippen LogP contribution in [-0.4, -0.2) is 42.2 Å². The molecule has 1 saturated heterocycles. The summed E-state index contributed by atoms with van der Waals surface area (Å²) < 4.78 is 18.9. The number of hydrogen-bond donors (Lipinski definition) is 1. The number of hydrogen-bond acceptors (Lipinski definition) is 3. The quantitative estimate of drug-likeness (QED) is 0.887. The number of carbonyl (C=O) groups is 1. The van der Waals surface area contributed by atoms with Crippen molar-refractivity contribution in [3.05, 3.63) is 29.6 Å². The molecule has 19 heavy (non-hydrogen) atoms. The van der Waals surface area contributed by atoms with Crippen molar-refractivity contribution >= 4 is 5.91 Å². The van der Waals surface area contributed by atoms with E-state index in [9.17, 15) is 14.3 Å². The Morgan fingerprint density at radius 1 is 1.53 bits per heavy atom. The van der Waals surface area contributed by atoms with Gasteiger partial charge in [0.25, 0.3) is 5.91 Å². The van der Waals surface area contributed by atoms with Crippen molar-refractivity contribution in [2.75, 3.05) is 20.2 Å². The van der Waals surface area contributed by atoms with Crippen molar-refractivity contribution in [2.45, 2.75) is 19.4 Å². The van der Waals surface area contributed by atoms with E-state index in [1.165, 1.54) is 19.2 Å². The molecule has 1 aliphatic rings. The molecular weight excluding hydrogens is 249 g/mol. The van der Waals surface area contributed by atoms with E-state index in [-0.39, 0.29) is 23.1 Å². The highest BCUT2D eigenvalue weighted by Crippen LogP contribution is 2.25. The Morgan fingerprint density at radius 2 is 2.26 bits per heavy atom. The van der Waals surface area contributed by atoms with E-state index < -0.39 is 11.9 Å². The van der Waals surface area contributed by atoms with Gasteiger partial charge in [0, 0.05) is 13.1 Å². The van der Waals surface area contributed by atoms with E-state index >= 15 is 0 Å². The summed E-state index contributed by atoms with van der Waals surface area (Å²) in [6.45, 7) is 2.74. The third kappa shape index (κ3) is 2.71. The van der Waals surface area contributed by atoms with Crippen molar-refractivity contribution in [1.82, 2.24) is 4.90 Å². The highest BCUT2D eigenvalue weighted by atomic mass is 19.1. The number of benzene rings is 1. The summed E-state index contributed by atoms with van der Waals surface area (Å²) in [6.07, 6.45) is 0.121. The lowest BCUT2D eigenvalue weighted by Gasteiger charge is -2.34. The van der Waals surface area contributed by atoms with Gasteiger partial charge in [0.2, 0.25) is 0 Å². The maximum absolute atomic E-state index is 13.8. The fourth-order valence-electron chi connectivity index (χ4n) is 2.36. The number of methoxy groups -OCH3 is 1. The maximum atomic E-state index is 13.8. The predicted octanol–water partition coefficient (Wildman–Crippen LogP) is 1.68. The molecule has 1 aromatic rings. The topological polar surface area (TPSA) is 49.8 Å².